The Kier molecular flexibility index (Phi) is 6.19. The summed E-state index contributed by atoms with van der Waals surface area (Å²) in [5, 5.41) is 12.5. The predicted molar refractivity (Wildman–Crippen MR) is 109 cm³/mol. The van der Waals surface area contributed by atoms with E-state index in [1.165, 1.54) is 40.6 Å². The van der Waals surface area contributed by atoms with Gasteiger partial charge in [0.25, 0.3) is 0 Å². The highest BCUT2D eigenvalue weighted by molar-refractivity contribution is 8.01. The molecule has 1 N–H and O–H groups in total. The Bertz CT molecular complexity index is 767. The molecule has 1 saturated heterocycles. The van der Waals surface area contributed by atoms with Crippen molar-refractivity contribution >= 4 is 39.8 Å². The van der Waals surface area contributed by atoms with Crippen LogP contribution in [0, 0.1) is 13.8 Å². The number of aryl methyl sites for hydroxylation is 2. The SMILES string of the molecule is Cc1ccc(Nc2nnc(SCC(=O)N3[C@H](C)CCC[C@@H]3C)s2)c(C)c1. The first-order chi connectivity index (χ1) is 12.4. The van der Waals surface area contributed by atoms with Crippen LogP contribution in [0.2, 0.25) is 0 Å². The van der Waals surface area contributed by atoms with Gasteiger partial charge in [-0.05, 0) is 58.6 Å². The minimum atomic E-state index is 0.203. The van der Waals surface area contributed by atoms with Crippen LogP contribution in [0.5, 0.6) is 0 Å². The highest BCUT2D eigenvalue weighted by Gasteiger charge is 2.28. The van der Waals surface area contributed by atoms with E-state index in [1.54, 1.807) is 0 Å². The van der Waals surface area contributed by atoms with Crippen molar-refractivity contribution in [2.45, 2.75) is 63.4 Å². The lowest BCUT2D eigenvalue weighted by atomic mass is 9.98. The van der Waals surface area contributed by atoms with E-state index < -0.39 is 0 Å². The second kappa shape index (κ2) is 8.39. The number of nitrogens with one attached hydrogen (secondary N) is 1. The van der Waals surface area contributed by atoms with Gasteiger partial charge in [-0.15, -0.1) is 10.2 Å². The zero-order valence-corrected chi connectivity index (χ0v) is 17.4. The normalized spacial score (nSPS) is 20.2. The number of thioether (sulfide) groups is 1. The summed E-state index contributed by atoms with van der Waals surface area (Å²) in [4.78, 5) is 14.7. The molecule has 0 aliphatic carbocycles. The fraction of sp³-hybridized carbons (Fsp3) is 0.526. The first-order valence-corrected chi connectivity index (χ1v) is 10.9. The first-order valence-electron chi connectivity index (χ1n) is 9.06. The summed E-state index contributed by atoms with van der Waals surface area (Å²) >= 11 is 2.97. The lowest BCUT2D eigenvalue weighted by Crippen LogP contribution is -2.48. The minimum Gasteiger partial charge on any atom is -0.337 e. The van der Waals surface area contributed by atoms with Gasteiger partial charge in [0.05, 0.1) is 5.75 Å². The van der Waals surface area contributed by atoms with E-state index in [-0.39, 0.29) is 5.91 Å². The number of piperidine rings is 1. The molecule has 0 spiro atoms. The molecule has 5 nitrogen and oxygen atoms in total. The number of rotatable bonds is 5. The van der Waals surface area contributed by atoms with Gasteiger partial charge in [-0.3, -0.25) is 4.79 Å². The molecular weight excluding hydrogens is 364 g/mol. The molecule has 2 atom stereocenters. The molecule has 3 rings (SSSR count). The number of likely N-dealkylation sites (tertiary alicyclic amines) is 1. The fourth-order valence-corrected chi connectivity index (χ4v) is 5.13. The van der Waals surface area contributed by atoms with E-state index in [0.29, 0.717) is 17.8 Å². The van der Waals surface area contributed by atoms with Crippen molar-refractivity contribution in [3.63, 3.8) is 0 Å². The minimum absolute atomic E-state index is 0.203. The summed E-state index contributed by atoms with van der Waals surface area (Å²) in [6, 6.07) is 6.94. The topological polar surface area (TPSA) is 58.1 Å². The van der Waals surface area contributed by atoms with Crippen LogP contribution in [-0.4, -0.2) is 38.8 Å². The smallest absolute Gasteiger partial charge is 0.233 e. The van der Waals surface area contributed by atoms with Gasteiger partial charge in [0.2, 0.25) is 11.0 Å². The van der Waals surface area contributed by atoms with Crippen LogP contribution in [0.15, 0.2) is 22.5 Å². The lowest BCUT2D eigenvalue weighted by molar-refractivity contribution is -0.134. The molecule has 26 heavy (non-hydrogen) atoms. The lowest BCUT2D eigenvalue weighted by Gasteiger charge is -2.39. The maximum absolute atomic E-state index is 12.6. The van der Waals surface area contributed by atoms with E-state index in [9.17, 15) is 4.79 Å². The molecule has 0 radical (unpaired) electrons. The fourth-order valence-electron chi connectivity index (χ4n) is 3.50. The van der Waals surface area contributed by atoms with E-state index >= 15 is 0 Å². The summed E-state index contributed by atoms with van der Waals surface area (Å²) in [6.07, 6.45) is 3.41. The Morgan fingerprint density at radius 1 is 1.27 bits per heavy atom. The van der Waals surface area contributed by atoms with Crippen LogP contribution in [0.4, 0.5) is 10.8 Å². The number of benzene rings is 1. The Balaban J connectivity index is 1.57. The summed E-state index contributed by atoms with van der Waals surface area (Å²) in [6.45, 7) is 8.45. The number of carbonyl (C=O) groups is 1. The van der Waals surface area contributed by atoms with E-state index in [1.807, 2.05) is 4.90 Å². The van der Waals surface area contributed by atoms with Gasteiger partial charge in [0.15, 0.2) is 4.34 Å². The Labute approximate surface area is 163 Å². The van der Waals surface area contributed by atoms with Crippen molar-refractivity contribution in [1.29, 1.82) is 0 Å². The van der Waals surface area contributed by atoms with Crippen molar-refractivity contribution in [3.8, 4) is 0 Å². The number of amides is 1. The number of hydrogen-bond donors (Lipinski definition) is 1. The molecule has 2 aromatic rings. The van der Waals surface area contributed by atoms with Gasteiger partial charge in [0, 0.05) is 17.8 Å². The zero-order chi connectivity index (χ0) is 18.7. The van der Waals surface area contributed by atoms with E-state index in [0.717, 1.165) is 28.0 Å². The highest BCUT2D eigenvalue weighted by Crippen LogP contribution is 2.30. The second-order valence-electron chi connectivity index (χ2n) is 7.04. The van der Waals surface area contributed by atoms with Crippen LogP contribution in [0.3, 0.4) is 0 Å². The molecule has 1 aliphatic heterocycles. The van der Waals surface area contributed by atoms with Crippen molar-refractivity contribution in [2.24, 2.45) is 0 Å². The van der Waals surface area contributed by atoms with Gasteiger partial charge in [-0.1, -0.05) is 40.8 Å². The monoisotopic (exact) mass is 390 g/mol. The standard InChI is InChI=1S/C19H26N4OS2/c1-12-8-9-16(13(2)10-12)20-18-21-22-19(26-18)25-11-17(24)23-14(3)6-5-7-15(23)4/h8-10,14-15H,5-7,11H2,1-4H3,(H,20,21)/t14-,15+. The Morgan fingerprint density at radius 2 is 2.00 bits per heavy atom. The number of carbonyl (C=O) groups excluding carboxylic acids is 1. The molecule has 0 saturated carbocycles. The van der Waals surface area contributed by atoms with E-state index in [4.69, 9.17) is 0 Å². The summed E-state index contributed by atoms with van der Waals surface area (Å²) in [5.74, 6) is 0.626. The number of aromatic nitrogens is 2. The quantitative estimate of drug-likeness (QED) is 0.745. The number of hydrogen-bond acceptors (Lipinski definition) is 6. The molecule has 140 valence electrons. The first kappa shape index (κ1) is 19.2. The Hall–Kier alpha value is -1.60. The zero-order valence-electron chi connectivity index (χ0n) is 15.8. The third-order valence-electron chi connectivity index (χ3n) is 4.83. The van der Waals surface area contributed by atoms with Crippen molar-refractivity contribution in [2.75, 3.05) is 11.1 Å². The van der Waals surface area contributed by atoms with Crippen LogP contribution in [0.1, 0.15) is 44.2 Å². The van der Waals surface area contributed by atoms with Crippen LogP contribution < -0.4 is 5.32 Å². The van der Waals surface area contributed by atoms with Crippen molar-refractivity contribution in [3.05, 3.63) is 29.3 Å². The van der Waals surface area contributed by atoms with Crippen LogP contribution in [0.25, 0.3) is 0 Å². The predicted octanol–water partition coefficient (Wildman–Crippen LogP) is 4.78. The van der Waals surface area contributed by atoms with Crippen molar-refractivity contribution < 1.29 is 4.79 Å². The molecular formula is C19H26N4OS2. The summed E-state index contributed by atoms with van der Waals surface area (Å²) in [7, 11) is 0. The van der Waals surface area contributed by atoms with E-state index in [2.05, 4.69) is 61.4 Å². The van der Waals surface area contributed by atoms with Crippen LogP contribution >= 0.6 is 23.1 Å². The second-order valence-corrected chi connectivity index (χ2v) is 9.24. The third kappa shape index (κ3) is 4.57. The molecule has 1 aromatic heterocycles. The average molecular weight is 391 g/mol. The maximum Gasteiger partial charge on any atom is 0.233 e. The molecule has 0 bridgehead atoms. The van der Waals surface area contributed by atoms with Gasteiger partial charge < -0.3 is 10.2 Å². The Morgan fingerprint density at radius 3 is 2.69 bits per heavy atom. The van der Waals surface area contributed by atoms with Gasteiger partial charge >= 0.3 is 0 Å². The maximum atomic E-state index is 12.6. The van der Waals surface area contributed by atoms with Crippen LogP contribution in [-0.2, 0) is 4.79 Å². The molecule has 1 aromatic carbocycles. The van der Waals surface area contributed by atoms with Crippen molar-refractivity contribution in [1.82, 2.24) is 15.1 Å². The molecule has 1 amide bonds. The summed E-state index contributed by atoms with van der Waals surface area (Å²) in [5.41, 5.74) is 3.45. The molecule has 1 fully saturated rings. The molecule has 2 heterocycles. The number of anilines is 2. The number of nitrogens with zero attached hydrogens (tertiary/aromatic N) is 3. The largest absolute Gasteiger partial charge is 0.337 e. The average Bonchev–Trinajstić information content (AvgIpc) is 3.03. The third-order valence-corrected chi connectivity index (χ3v) is 6.79. The molecule has 7 heteroatoms. The summed E-state index contributed by atoms with van der Waals surface area (Å²) < 4.78 is 0.822. The molecule has 1 aliphatic rings. The van der Waals surface area contributed by atoms with Gasteiger partial charge in [-0.2, -0.15) is 0 Å². The van der Waals surface area contributed by atoms with Gasteiger partial charge in [-0.25, -0.2) is 0 Å². The highest BCUT2D eigenvalue weighted by atomic mass is 32.2. The molecule has 0 unspecified atom stereocenters. The van der Waals surface area contributed by atoms with Gasteiger partial charge in [0.1, 0.15) is 0 Å².